The Labute approximate surface area is 145 Å². The Morgan fingerprint density at radius 3 is 2.20 bits per heavy atom. The summed E-state index contributed by atoms with van der Waals surface area (Å²) in [4.78, 5) is 27.6. The monoisotopic (exact) mass is 338 g/mol. The number of hydrogen-bond acceptors (Lipinski definition) is 4. The number of carboxylic acids is 1. The summed E-state index contributed by atoms with van der Waals surface area (Å²) in [5.74, 6) is -1.15. The zero-order valence-electron chi connectivity index (χ0n) is 13.5. The van der Waals surface area contributed by atoms with Crippen molar-refractivity contribution in [1.29, 1.82) is 0 Å². The normalized spacial score (nSPS) is 19.2. The van der Waals surface area contributed by atoms with Crippen LogP contribution in [0, 0.1) is 11.8 Å². The van der Waals surface area contributed by atoms with Gasteiger partial charge in [-0.05, 0) is 49.2 Å². The SMILES string of the molecule is O=C(Nc1ccc(Oc2ccncc2)cc1)[C@H]1CC=CC[C@H]1C(=O)O. The number of benzene rings is 1. The number of amides is 1. The van der Waals surface area contributed by atoms with Crippen molar-refractivity contribution < 1.29 is 19.4 Å². The van der Waals surface area contributed by atoms with Crippen LogP contribution in [-0.2, 0) is 9.59 Å². The fraction of sp³-hybridized carbons (Fsp3) is 0.211. The maximum absolute atomic E-state index is 12.4. The maximum Gasteiger partial charge on any atom is 0.307 e. The predicted molar refractivity (Wildman–Crippen MR) is 92.4 cm³/mol. The number of carboxylic acid groups (broad SMARTS) is 1. The summed E-state index contributed by atoms with van der Waals surface area (Å²) in [6.45, 7) is 0. The molecule has 2 N–H and O–H groups in total. The summed E-state index contributed by atoms with van der Waals surface area (Å²) in [5, 5.41) is 12.1. The van der Waals surface area contributed by atoms with Crippen LogP contribution in [-0.4, -0.2) is 22.0 Å². The van der Waals surface area contributed by atoms with Gasteiger partial charge in [-0.25, -0.2) is 0 Å². The van der Waals surface area contributed by atoms with Crippen molar-refractivity contribution in [3.63, 3.8) is 0 Å². The van der Waals surface area contributed by atoms with E-state index in [1.54, 1.807) is 48.8 Å². The molecule has 3 rings (SSSR count). The van der Waals surface area contributed by atoms with Crippen molar-refractivity contribution in [3.8, 4) is 11.5 Å². The lowest BCUT2D eigenvalue weighted by atomic mass is 9.82. The Morgan fingerprint density at radius 1 is 0.960 bits per heavy atom. The molecule has 0 saturated heterocycles. The predicted octanol–water partition coefficient (Wildman–Crippen LogP) is 3.48. The van der Waals surface area contributed by atoms with E-state index in [9.17, 15) is 14.7 Å². The van der Waals surface area contributed by atoms with E-state index in [1.165, 1.54) is 0 Å². The van der Waals surface area contributed by atoms with Crippen LogP contribution >= 0.6 is 0 Å². The average molecular weight is 338 g/mol. The molecule has 0 spiro atoms. The lowest BCUT2D eigenvalue weighted by Gasteiger charge is -2.24. The Balaban J connectivity index is 1.63. The number of hydrogen-bond donors (Lipinski definition) is 2. The van der Waals surface area contributed by atoms with E-state index in [2.05, 4.69) is 10.3 Å². The molecule has 0 unspecified atom stereocenters. The van der Waals surface area contributed by atoms with Crippen LogP contribution in [0.15, 0.2) is 60.9 Å². The molecule has 1 amide bonds. The van der Waals surface area contributed by atoms with Gasteiger partial charge in [0.25, 0.3) is 0 Å². The van der Waals surface area contributed by atoms with Crippen molar-refractivity contribution in [2.24, 2.45) is 11.8 Å². The van der Waals surface area contributed by atoms with Gasteiger partial charge in [0, 0.05) is 18.1 Å². The molecule has 128 valence electrons. The molecule has 1 aliphatic rings. The molecule has 0 radical (unpaired) electrons. The van der Waals surface area contributed by atoms with Crippen LogP contribution in [0.3, 0.4) is 0 Å². The van der Waals surface area contributed by atoms with Crippen LogP contribution in [0.25, 0.3) is 0 Å². The molecule has 1 heterocycles. The Bertz CT molecular complexity index is 772. The number of carbonyl (C=O) groups excluding carboxylic acids is 1. The van der Waals surface area contributed by atoms with E-state index in [1.807, 2.05) is 12.2 Å². The van der Waals surface area contributed by atoms with Crippen molar-refractivity contribution in [3.05, 3.63) is 60.9 Å². The highest BCUT2D eigenvalue weighted by molar-refractivity contribution is 5.95. The first-order valence-electron chi connectivity index (χ1n) is 8.00. The largest absolute Gasteiger partial charge is 0.481 e. The van der Waals surface area contributed by atoms with Crippen LogP contribution in [0.5, 0.6) is 11.5 Å². The minimum atomic E-state index is -0.939. The summed E-state index contributed by atoms with van der Waals surface area (Å²) in [6, 6.07) is 10.4. The third-order valence-electron chi connectivity index (χ3n) is 4.09. The molecular formula is C19H18N2O4. The van der Waals surface area contributed by atoms with E-state index < -0.39 is 17.8 Å². The summed E-state index contributed by atoms with van der Waals surface area (Å²) in [5.41, 5.74) is 0.603. The number of nitrogens with zero attached hydrogens (tertiary/aromatic N) is 1. The summed E-state index contributed by atoms with van der Waals surface area (Å²) in [7, 11) is 0. The summed E-state index contributed by atoms with van der Waals surface area (Å²) in [6.07, 6.45) is 7.77. The van der Waals surface area contributed by atoms with Gasteiger partial charge in [0.15, 0.2) is 0 Å². The lowest BCUT2D eigenvalue weighted by molar-refractivity contribution is -0.146. The van der Waals surface area contributed by atoms with Gasteiger partial charge in [-0.3, -0.25) is 14.6 Å². The second-order valence-electron chi connectivity index (χ2n) is 5.79. The number of rotatable bonds is 5. The molecular weight excluding hydrogens is 320 g/mol. The standard InChI is InChI=1S/C19H18N2O4/c22-18(16-3-1-2-4-17(16)19(23)24)21-13-5-7-14(8-6-13)25-15-9-11-20-12-10-15/h1-2,5-12,16-17H,3-4H2,(H,21,22)(H,23,24)/t16-,17+/m0/s1. The second-order valence-corrected chi connectivity index (χ2v) is 5.79. The Morgan fingerprint density at radius 2 is 1.56 bits per heavy atom. The molecule has 6 heteroatoms. The number of aromatic nitrogens is 1. The van der Waals surface area contributed by atoms with Gasteiger partial charge in [0.1, 0.15) is 11.5 Å². The van der Waals surface area contributed by atoms with Crippen molar-refractivity contribution in [2.45, 2.75) is 12.8 Å². The number of carbonyl (C=O) groups is 2. The minimum absolute atomic E-state index is 0.278. The highest BCUT2D eigenvalue weighted by atomic mass is 16.5. The van der Waals surface area contributed by atoms with E-state index in [4.69, 9.17) is 4.74 Å². The van der Waals surface area contributed by atoms with Gasteiger partial charge < -0.3 is 15.2 Å². The average Bonchev–Trinajstić information content (AvgIpc) is 2.64. The lowest BCUT2D eigenvalue weighted by Crippen LogP contribution is -2.34. The number of aliphatic carboxylic acids is 1. The van der Waals surface area contributed by atoms with Gasteiger partial charge in [-0.1, -0.05) is 12.2 Å². The molecule has 6 nitrogen and oxygen atoms in total. The molecule has 2 aromatic rings. The number of anilines is 1. The Kier molecular flexibility index (Phi) is 5.09. The molecule has 0 fully saturated rings. The fourth-order valence-corrected chi connectivity index (χ4v) is 2.76. The van der Waals surface area contributed by atoms with Crippen molar-refractivity contribution in [2.75, 3.05) is 5.32 Å². The van der Waals surface area contributed by atoms with Crippen LogP contribution in [0.1, 0.15) is 12.8 Å². The number of ether oxygens (including phenoxy) is 1. The van der Waals surface area contributed by atoms with Crippen molar-refractivity contribution >= 4 is 17.6 Å². The maximum atomic E-state index is 12.4. The van der Waals surface area contributed by atoms with Crippen LogP contribution in [0.4, 0.5) is 5.69 Å². The van der Waals surface area contributed by atoms with E-state index in [-0.39, 0.29) is 5.91 Å². The molecule has 25 heavy (non-hydrogen) atoms. The fourth-order valence-electron chi connectivity index (χ4n) is 2.76. The molecule has 1 aromatic carbocycles. The first-order chi connectivity index (χ1) is 12.1. The number of nitrogens with one attached hydrogen (secondary N) is 1. The Hall–Kier alpha value is -3.15. The van der Waals surface area contributed by atoms with E-state index >= 15 is 0 Å². The summed E-state index contributed by atoms with van der Waals surface area (Å²) < 4.78 is 5.66. The van der Waals surface area contributed by atoms with E-state index in [0.717, 1.165) is 0 Å². The molecule has 0 saturated carbocycles. The first kappa shape index (κ1) is 16.7. The molecule has 0 bridgehead atoms. The first-order valence-corrected chi connectivity index (χ1v) is 8.00. The summed E-state index contributed by atoms with van der Waals surface area (Å²) >= 11 is 0. The topological polar surface area (TPSA) is 88.5 Å². The number of pyridine rings is 1. The smallest absolute Gasteiger partial charge is 0.307 e. The quantitative estimate of drug-likeness (QED) is 0.815. The highest BCUT2D eigenvalue weighted by Crippen LogP contribution is 2.28. The van der Waals surface area contributed by atoms with Gasteiger partial charge >= 0.3 is 5.97 Å². The van der Waals surface area contributed by atoms with Gasteiger partial charge in [-0.15, -0.1) is 0 Å². The zero-order valence-corrected chi connectivity index (χ0v) is 13.5. The van der Waals surface area contributed by atoms with Gasteiger partial charge in [0.05, 0.1) is 11.8 Å². The van der Waals surface area contributed by atoms with E-state index in [0.29, 0.717) is 30.0 Å². The highest BCUT2D eigenvalue weighted by Gasteiger charge is 2.33. The van der Waals surface area contributed by atoms with Crippen LogP contribution < -0.4 is 10.1 Å². The molecule has 1 aromatic heterocycles. The van der Waals surface area contributed by atoms with Crippen molar-refractivity contribution in [1.82, 2.24) is 4.98 Å². The molecule has 0 aliphatic heterocycles. The third-order valence-corrected chi connectivity index (χ3v) is 4.09. The van der Waals surface area contributed by atoms with Gasteiger partial charge in [0.2, 0.25) is 5.91 Å². The number of allylic oxidation sites excluding steroid dienone is 2. The zero-order chi connectivity index (χ0) is 17.6. The van der Waals surface area contributed by atoms with Gasteiger partial charge in [-0.2, -0.15) is 0 Å². The molecule has 2 atom stereocenters. The third kappa shape index (κ3) is 4.23. The molecule has 1 aliphatic carbocycles. The minimum Gasteiger partial charge on any atom is -0.481 e. The second kappa shape index (κ2) is 7.61. The van der Waals surface area contributed by atoms with Crippen LogP contribution in [0.2, 0.25) is 0 Å².